The number of carbonyl (C=O) groups is 2. The van der Waals surface area contributed by atoms with E-state index in [-0.39, 0.29) is 36.0 Å². The number of hydrogen-bond acceptors (Lipinski definition) is 6. The summed E-state index contributed by atoms with van der Waals surface area (Å²) in [7, 11) is -1.33. The Kier molecular flexibility index (Phi) is 7.69. The number of amides is 2. The van der Waals surface area contributed by atoms with Crippen LogP contribution in [0, 0.1) is 0 Å². The van der Waals surface area contributed by atoms with E-state index in [1.807, 2.05) is 4.90 Å². The lowest BCUT2D eigenvalue weighted by Crippen LogP contribution is -2.54. The molecule has 0 bridgehead atoms. The van der Waals surface area contributed by atoms with Gasteiger partial charge in [-0.2, -0.15) is 0 Å². The molecule has 0 aliphatic carbocycles. The van der Waals surface area contributed by atoms with E-state index in [2.05, 4.69) is 15.6 Å². The van der Waals surface area contributed by atoms with Crippen LogP contribution in [0.25, 0.3) is 0 Å². The molecule has 0 saturated carbocycles. The number of sulfone groups is 1. The summed E-state index contributed by atoms with van der Waals surface area (Å²) >= 11 is 0. The minimum atomic E-state index is -3.00. The fourth-order valence-corrected chi connectivity index (χ4v) is 4.82. The van der Waals surface area contributed by atoms with Gasteiger partial charge in [-0.05, 0) is 13.3 Å². The Bertz CT molecular complexity index is 658. The summed E-state index contributed by atoms with van der Waals surface area (Å²) in [4.78, 5) is 31.6. The Morgan fingerprint density at radius 3 is 2.41 bits per heavy atom. The fourth-order valence-electron chi connectivity index (χ4n) is 3.14. The van der Waals surface area contributed by atoms with Gasteiger partial charge in [0.05, 0.1) is 18.1 Å². The highest BCUT2D eigenvalue weighted by atomic mass is 32.2. The number of guanidine groups is 1. The Labute approximate surface area is 160 Å². The van der Waals surface area contributed by atoms with Crippen LogP contribution in [-0.4, -0.2) is 100 Å². The van der Waals surface area contributed by atoms with Crippen LogP contribution in [0.1, 0.15) is 19.8 Å². The molecule has 2 rings (SSSR count). The standard InChI is InChI=1S/C16H29N5O5S/c1-3-26-16(23)21-9-7-20(8-10-21)15(17-2)18-6-4-14(22)19-13-5-11-27(24,25)12-13/h13H,3-12H2,1-2H3,(H,17,18)(H,19,22). The predicted octanol–water partition coefficient (Wildman–Crippen LogP) is -0.971. The molecule has 2 N–H and O–H groups in total. The van der Waals surface area contributed by atoms with E-state index >= 15 is 0 Å². The third-order valence-corrected chi connectivity index (χ3v) is 6.32. The summed E-state index contributed by atoms with van der Waals surface area (Å²) in [6.07, 6.45) is 0.414. The first-order valence-corrected chi connectivity index (χ1v) is 11.0. The maximum Gasteiger partial charge on any atom is 0.409 e. The van der Waals surface area contributed by atoms with Crippen LogP contribution in [0.5, 0.6) is 0 Å². The Morgan fingerprint density at radius 2 is 1.85 bits per heavy atom. The average Bonchev–Trinajstić information content (AvgIpc) is 2.97. The molecule has 0 spiro atoms. The first kappa shape index (κ1) is 21.3. The van der Waals surface area contributed by atoms with E-state index in [1.54, 1.807) is 18.9 Å². The van der Waals surface area contributed by atoms with E-state index in [0.29, 0.717) is 51.7 Å². The van der Waals surface area contributed by atoms with E-state index in [9.17, 15) is 18.0 Å². The SMILES string of the molecule is CCOC(=O)N1CCN(C(=NC)NCCC(=O)NC2CCS(=O)(=O)C2)CC1. The van der Waals surface area contributed by atoms with Crippen molar-refractivity contribution in [2.24, 2.45) is 4.99 Å². The van der Waals surface area contributed by atoms with Gasteiger partial charge in [-0.1, -0.05) is 0 Å². The smallest absolute Gasteiger partial charge is 0.409 e. The quantitative estimate of drug-likeness (QED) is 0.447. The zero-order valence-electron chi connectivity index (χ0n) is 15.9. The van der Waals surface area contributed by atoms with Crippen molar-refractivity contribution in [3.05, 3.63) is 0 Å². The number of aliphatic imine (C=N–C) groups is 1. The highest BCUT2D eigenvalue weighted by Gasteiger charge is 2.29. The topological polar surface area (TPSA) is 120 Å². The number of nitrogens with zero attached hydrogens (tertiary/aromatic N) is 3. The third-order valence-electron chi connectivity index (χ3n) is 4.55. The average molecular weight is 404 g/mol. The molecule has 2 heterocycles. The normalized spacial score (nSPS) is 22.4. The van der Waals surface area contributed by atoms with Gasteiger partial charge in [0.1, 0.15) is 0 Å². The van der Waals surface area contributed by atoms with Crippen molar-refractivity contribution in [1.29, 1.82) is 0 Å². The molecule has 154 valence electrons. The van der Waals surface area contributed by atoms with E-state index in [4.69, 9.17) is 4.74 Å². The lowest BCUT2D eigenvalue weighted by atomic mass is 10.2. The van der Waals surface area contributed by atoms with Crippen molar-refractivity contribution in [3.8, 4) is 0 Å². The van der Waals surface area contributed by atoms with Crippen LogP contribution in [0.4, 0.5) is 4.79 Å². The second-order valence-corrected chi connectivity index (χ2v) is 8.79. The van der Waals surface area contributed by atoms with E-state index < -0.39 is 9.84 Å². The van der Waals surface area contributed by atoms with Gasteiger partial charge < -0.3 is 25.2 Å². The highest BCUT2D eigenvalue weighted by molar-refractivity contribution is 7.91. The van der Waals surface area contributed by atoms with Gasteiger partial charge in [0.15, 0.2) is 15.8 Å². The summed E-state index contributed by atoms with van der Waals surface area (Å²) < 4.78 is 27.9. The molecule has 2 amide bonds. The van der Waals surface area contributed by atoms with Gasteiger partial charge in [-0.25, -0.2) is 13.2 Å². The van der Waals surface area contributed by atoms with Crippen molar-refractivity contribution in [3.63, 3.8) is 0 Å². The molecule has 1 unspecified atom stereocenters. The number of piperazine rings is 1. The molecule has 2 aliphatic heterocycles. The molecular formula is C16H29N5O5S. The van der Waals surface area contributed by atoms with Crippen LogP contribution >= 0.6 is 0 Å². The van der Waals surface area contributed by atoms with Crippen LogP contribution in [0.2, 0.25) is 0 Å². The minimum absolute atomic E-state index is 0.0264. The maximum absolute atomic E-state index is 12.0. The zero-order valence-corrected chi connectivity index (χ0v) is 16.8. The Morgan fingerprint density at radius 1 is 1.19 bits per heavy atom. The lowest BCUT2D eigenvalue weighted by molar-refractivity contribution is -0.121. The Hall–Kier alpha value is -2.04. The molecule has 0 aromatic carbocycles. The third kappa shape index (κ3) is 6.56. The second kappa shape index (κ2) is 9.77. The predicted molar refractivity (Wildman–Crippen MR) is 101 cm³/mol. The van der Waals surface area contributed by atoms with Gasteiger partial charge in [0.2, 0.25) is 5.91 Å². The van der Waals surface area contributed by atoms with Crippen LogP contribution in [0.3, 0.4) is 0 Å². The van der Waals surface area contributed by atoms with Crippen molar-refractivity contribution in [1.82, 2.24) is 20.4 Å². The molecule has 10 nitrogen and oxygen atoms in total. The molecular weight excluding hydrogens is 374 g/mol. The van der Waals surface area contributed by atoms with E-state index in [0.717, 1.165) is 0 Å². The Balaban J connectivity index is 1.69. The molecule has 27 heavy (non-hydrogen) atoms. The number of nitrogens with one attached hydrogen (secondary N) is 2. The number of rotatable bonds is 5. The van der Waals surface area contributed by atoms with Crippen molar-refractivity contribution < 1.29 is 22.7 Å². The van der Waals surface area contributed by atoms with Crippen LogP contribution in [-0.2, 0) is 19.4 Å². The first-order valence-electron chi connectivity index (χ1n) is 9.21. The number of hydrogen-bond donors (Lipinski definition) is 2. The molecule has 1 atom stereocenters. The van der Waals surface area contributed by atoms with Crippen molar-refractivity contribution in [2.45, 2.75) is 25.8 Å². The molecule has 2 aliphatic rings. The molecule has 2 fully saturated rings. The zero-order chi connectivity index (χ0) is 19.9. The lowest BCUT2D eigenvalue weighted by Gasteiger charge is -2.35. The van der Waals surface area contributed by atoms with Crippen molar-refractivity contribution >= 4 is 27.8 Å². The number of carbonyl (C=O) groups excluding carboxylic acids is 2. The first-order chi connectivity index (χ1) is 12.8. The summed E-state index contributed by atoms with van der Waals surface area (Å²) in [6, 6.07) is -0.280. The van der Waals surface area contributed by atoms with Gasteiger partial charge in [0, 0.05) is 52.2 Å². The van der Waals surface area contributed by atoms with Gasteiger partial charge >= 0.3 is 6.09 Å². The molecule has 0 aromatic heterocycles. The second-order valence-electron chi connectivity index (χ2n) is 6.56. The fraction of sp³-hybridized carbons (Fsp3) is 0.812. The monoisotopic (exact) mass is 403 g/mol. The molecule has 0 radical (unpaired) electrons. The molecule has 2 saturated heterocycles. The summed E-state index contributed by atoms with van der Waals surface area (Å²) in [6.45, 7) is 4.90. The largest absolute Gasteiger partial charge is 0.450 e. The van der Waals surface area contributed by atoms with Crippen LogP contribution in [0.15, 0.2) is 4.99 Å². The minimum Gasteiger partial charge on any atom is -0.450 e. The van der Waals surface area contributed by atoms with Crippen molar-refractivity contribution in [2.75, 3.05) is 57.9 Å². The maximum atomic E-state index is 12.0. The molecule has 11 heteroatoms. The van der Waals surface area contributed by atoms with Gasteiger partial charge in [0.25, 0.3) is 0 Å². The summed E-state index contributed by atoms with van der Waals surface area (Å²) in [5, 5.41) is 5.91. The summed E-state index contributed by atoms with van der Waals surface area (Å²) in [5.74, 6) is 0.668. The van der Waals surface area contributed by atoms with Gasteiger partial charge in [-0.15, -0.1) is 0 Å². The number of ether oxygens (including phenoxy) is 1. The molecule has 0 aromatic rings. The van der Waals surface area contributed by atoms with Crippen LogP contribution < -0.4 is 10.6 Å². The van der Waals surface area contributed by atoms with Gasteiger partial charge in [-0.3, -0.25) is 9.79 Å². The summed E-state index contributed by atoms with van der Waals surface area (Å²) in [5.41, 5.74) is 0. The van der Waals surface area contributed by atoms with E-state index in [1.165, 1.54) is 0 Å². The highest BCUT2D eigenvalue weighted by Crippen LogP contribution is 2.11.